The summed E-state index contributed by atoms with van der Waals surface area (Å²) >= 11 is 0. The van der Waals surface area contributed by atoms with Gasteiger partial charge in [-0.25, -0.2) is 4.99 Å². The van der Waals surface area contributed by atoms with Crippen molar-refractivity contribution in [3.63, 3.8) is 0 Å². The van der Waals surface area contributed by atoms with Crippen LogP contribution in [0.25, 0.3) is 0 Å². The third-order valence-corrected chi connectivity index (χ3v) is 5.18. The predicted octanol–water partition coefficient (Wildman–Crippen LogP) is 4.49. The zero-order valence-corrected chi connectivity index (χ0v) is 20.7. The molecule has 7 nitrogen and oxygen atoms in total. The molecule has 7 heteroatoms. The third-order valence-electron chi connectivity index (χ3n) is 5.18. The molecule has 0 radical (unpaired) electrons. The topological polar surface area (TPSA) is 118 Å². The fourth-order valence-electron chi connectivity index (χ4n) is 3.25. The van der Waals surface area contributed by atoms with Crippen LogP contribution in [0, 0.1) is 0 Å². The molecule has 0 spiro atoms. The van der Waals surface area contributed by atoms with Crippen molar-refractivity contribution in [3.05, 3.63) is 71.0 Å². The molecule has 1 aliphatic carbocycles. The lowest BCUT2D eigenvalue weighted by atomic mass is 10.1. The minimum absolute atomic E-state index is 0.353. The van der Waals surface area contributed by atoms with Crippen LogP contribution in [0.5, 0.6) is 0 Å². The minimum Gasteiger partial charge on any atom is -0.401 e. The van der Waals surface area contributed by atoms with Crippen molar-refractivity contribution >= 4 is 18.0 Å². The number of nitrogens with zero attached hydrogens (tertiary/aromatic N) is 2. The Bertz CT molecular complexity index is 905. The van der Waals surface area contributed by atoms with Crippen LogP contribution >= 0.6 is 0 Å². The van der Waals surface area contributed by atoms with Crippen molar-refractivity contribution in [2.45, 2.75) is 72.8 Å². The molecule has 180 valence electrons. The quantitative estimate of drug-likeness (QED) is 0.159. The third kappa shape index (κ3) is 9.76. The predicted molar refractivity (Wildman–Crippen MR) is 140 cm³/mol. The van der Waals surface area contributed by atoms with Gasteiger partial charge in [0.2, 0.25) is 6.41 Å². The molecule has 6 N–H and O–H groups in total. The molecular weight excluding hydrogens is 412 g/mol. The van der Waals surface area contributed by atoms with Crippen LogP contribution in [0.15, 0.2) is 81.0 Å². The van der Waals surface area contributed by atoms with Crippen molar-refractivity contribution in [3.8, 4) is 0 Å². The van der Waals surface area contributed by atoms with E-state index in [4.69, 9.17) is 16.5 Å². The first-order chi connectivity index (χ1) is 15.7. The van der Waals surface area contributed by atoms with Crippen molar-refractivity contribution in [2.75, 3.05) is 0 Å². The maximum Gasteiger partial charge on any atom is 0.233 e. The van der Waals surface area contributed by atoms with Gasteiger partial charge in [0.15, 0.2) is 0 Å². The lowest BCUT2D eigenvalue weighted by Gasteiger charge is -2.19. The van der Waals surface area contributed by atoms with E-state index in [0.717, 1.165) is 36.5 Å². The molecule has 0 aromatic heterocycles. The van der Waals surface area contributed by atoms with E-state index in [2.05, 4.69) is 35.2 Å². The summed E-state index contributed by atoms with van der Waals surface area (Å²) in [5, 5.41) is 6.70. The molecule has 0 aliphatic heterocycles. The Balaban J connectivity index is 3.15. The smallest absolute Gasteiger partial charge is 0.233 e. The van der Waals surface area contributed by atoms with E-state index in [-0.39, 0.29) is 0 Å². The van der Waals surface area contributed by atoms with Gasteiger partial charge in [-0.05, 0) is 76.3 Å². The Hall–Kier alpha value is -3.35. The number of hydrogen-bond donors (Lipinski definition) is 4. The summed E-state index contributed by atoms with van der Waals surface area (Å²) in [6, 6.07) is 0.353. The summed E-state index contributed by atoms with van der Waals surface area (Å²) in [7, 11) is 0. The molecule has 0 aromatic carbocycles. The molecule has 0 heterocycles. The number of nitrogens with one attached hydrogen (secondary N) is 2. The monoisotopic (exact) mass is 452 g/mol. The Morgan fingerprint density at radius 2 is 1.76 bits per heavy atom. The maximum absolute atomic E-state index is 10.8. The fourth-order valence-corrected chi connectivity index (χ4v) is 3.25. The second kappa shape index (κ2) is 14.7. The second-order valence-corrected chi connectivity index (χ2v) is 8.10. The van der Waals surface area contributed by atoms with E-state index in [0.29, 0.717) is 40.8 Å². The molecule has 0 unspecified atom stereocenters. The highest BCUT2D eigenvalue weighted by Gasteiger charge is 2.15. The van der Waals surface area contributed by atoms with E-state index in [1.54, 1.807) is 26.0 Å². The van der Waals surface area contributed by atoms with Crippen LogP contribution in [0.1, 0.15) is 66.7 Å². The normalized spacial score (nSPS) is 17.9. The van der Waals surface area contributed by atoms with Crippen molar-refractivity contribution < 1.29 is 4.79 Å². The van der Waals surface area contributed by atoms with Crippen LogP contribution in [0.4, 0.5) is 0 Å². The lowest BCUT2D eigenvalue weighted by molar-refractivity contribution is -0.106. The van der Waals surface area contributed by atoms with Gasteiger partial charge in [-0.1, -0.05) is 38.5 Å². The molecule has 0 aromatic rings. The van der Waals surface area contributed by atoms with Gasteiger partial charge in [-0.2, -0.15) is 0 Å². The van der Waals surface area contributed by atoms with Gasteiger partial charge < -0.3 is 22.1 Å². The molecule has 1 rings (SSSR count). The number of carbonyl (C=O) groups excluding carboxylic acids is 1. The molecule has 0 atom stereocenters. The highest BCUT2D eigenvalue weighted by Crippen LogP contribution is 2.21. The number of aliphatic imine (C=N–C) groups is 2. The first-order valence-corrected chi connectivity index (χ1v) is 11.5. The first kappa shape index (κ1) is 27.7. The molecule has 1 aliphatic rings. The van der Waals surface area contributed by atoms with Crippen LogP contribution in [-0.2, 0) is 4.79 Å². The number of hydrogen-bond acceptors (Lipinski definition) is 5. The highest BCUT2D eigenvalue weighted by molar-refractivity contribution is 6.10. The van der Waals surface area contributed by atoms with Crippen LogP contribution in [-0.4, -0.2) is 24.0 Å². The van der Waals surface area contributed by atoms with Gasteiger partial charge in [-0.3, -0.25) is 9.79 Å². The molecule has 1 amide bonds. The average Bonchev–Trinajstić information content (AvgIpc) is 3.29. The first-order valence-electron chi connectivity index (χ1n) is 11.5. The summed E-state index contributed by atoms with van der Waals surface area (Å²) in [4.78, 5) is 19.4. The Labute approximate surface area is 198 Å². The van der Waals surface area contributed by atoms with E-state index in [9.17, 15) is 4.79 Å². The summed E-state index contributed by atoms with van der Waals surface area (Å²) in [5.74, 6) is 1.55. The number of amides is 1. The summed E-state index contributed by atoms with van der Waals surface area (Å²) < 4.78 is 0. The minimum atomic E-state index is 0.353. The number of nitrogens with two attached hydrogens (primary N) is 2. The molecule has 0 bridgehead atoms. The number of carbonyl (C=O) groups is 1. The van der Waals surface area contributed by atoms with E-state index in [1.165, 1.54) is 12.8 Å². The summed E-state index contributed by atoms with van der Waals surface area (Å²) in [6.45, 7) is 13.3. The van der Waals surface area contributed by atoms with E-state index in [1.807, 2.05) is 26.0 Å². The van der Waals surface area contributed by atoms with Crippen molar-refractivity contribution in [1.29, 1.82) is 0 Å². The van der Waals surface area contributed by atoms with Crippen LogP contribution in [0.2, 0.25) is 0 Å². The number of allylic oxidation sites excluding steroid dienone is 7. The average molecular weight is 453 g/mol. The number of rotatable bonds is 11. The molecular formula is C26H40N6O. The molecule has 1 fully saturated rings. The zero-order chi connectivity index (χ0) is 24.8. The van der Waals surface area contributed by atoms with Crippen molar-refractivity contribution in [1.82, 2.24) is 10.6 Å². The van der Waals surface area contributed by atoms with Gasteiger partial charge in [0, 0.05) is 5.70 Å². The number of amidine groups is 1. The van der Waals surface area contributed by atoms with E-state index < -0.39 is 0 Å². The SMILES string of the molecule is C=C(C)C(\C=C/C(C)=C(N)\C(N/C(=C/C)NC(/C=C/CC)=NC1CCCC1)=C(\C)N)=NC=O. The lowest BCUT2D eigenvalue weighted by Crippen LogP contribution is -2.33. The van der Waals surface area contributed by atoms with Crippen molar-refractivity contribution in [2.24, 2.45) is 21.5 Å². The maximum atomic E-state index is 10.8. The largest absolute Gasteiger partial charge is 0.401 e. The van der Waals surface area contributed by atoms with E-state index >= 15 is 0 Å². The van der Waals surface area contributed by atoms with Crippen LogP contribution < -0.4 is 22.1 Å². The zero-order valence-electron chi connectivity index (χ0n) is 20.7. The standard InChI is InChI=1S/C26H40N6O/c1-7-9-14-24(30-21-12-10-11-13-21)31-23(8-2)32-26(20(6)27)25(28)19(5)15-16-22(18(3)4)29-17-33/h8-9,14-17,21,32H,3,7,10-13,27-28H2,1-2,4-6H3,(H,30,31)/b14-9+,16-15-,23-8+,25-19+,26-20+,29-22?. The van der Waals surface area contributed by atoms with Gasteiger partial charge in [0.1, 0.15) is 11.7 Å². The van der Waals surface area contributed by atoms with Gasteiger partial charge in [0.05, 0.1) is 23.1 Å². The Morgan fingerprint density at radius 1 is 1.09 bits per heavy atom. The van der Waals surface area contributed by atoms with Gasteiger partial charge in [0.25, 0.3) is 0 Å². The fraction of sp³-hybridized carbons (Fsp3) is 0.423. The highest BCUT2D eigenvalue weighted by atomic mass is 16.1. The van der Waals surface area contributed by atoms with Gasteiger partial charge in [-0.15, -0.1) is 0 Å². The second-order valence-electron chi connectivity index (χ2n) is 8.10. The van der Waals surface area contributed by atoms with Crippen LogP contribution in [0.3, 0.4) is 0 Å². The Kier molecular flexibility index (Phi) is 12.3. The molecule has 33 heavy (non-hydrogen) atoms. The summed E-state index contributed by atoms with van der Waals surface area (Å²) in [5.41, 5.74) is 16.2. The summed E-state index contributed by atoms with van der Waals surface area (Å²) in [6.07, 6.45) is 15.6. The van der Waals surface area contributed by atoms with Gasteiger partial charge >= 0.3 is 0 Å². The Morgan fingerprint density at radius 3 is 2.27 bits per heavy atom. The molecule has 1 saturated carbocycles. The molecule has 0 saturated heterocycles.